The molecule has 106 valence electrons. The Balaban J connectivity index is 2.10. The smallest absolute Gasteiger partial charge is 0.273 e. The molecule has 0 saturated heterocycles. The molecule has 4 heteroatoms. The summed E-state index contributed by atoms with van der Waals surface area (Å²) in [5.41, 5.74) is 3.60. The Bertz CT molecular complexity index is 927. The Morgan fingerprint density at radius 2 is 1.73 bits per heavy atom. The van der Waals surface area contributed by atoms with Crippen molar-refractivity contribution in [2.24, 2.45) is 4.99 Å². The van der Waals surface area contributed by atoms with Crippen LogP contribution in [-0.4, -0.2) is 15.8 Å². The van der Waals surface area contributed by atoms with Crippen LogP contribution in [0.1, 0.15) is 11.4 Å². The number of benzene rings is 2. The largest absolute Gasteiger partial charge is 0.295 e. The molecule has 4 nitrogen and oxygen atoms in total. The van der Waals surface area contributed by atoms with Gasteiger partial charge in [0.1, 0.15) is 5.82 Å². The minimum Gasteiger partial charge on any atom is -0.295 e. The maximum absolute atomic E-state index is 12.0. The molecule has 0 aliphatic carbocycles. The number of hydrogen-bond donors (Lipinski definition) is 0. The predicted molar refractivity (Wildman–Crippen MR) is 86.6 cm³/mol. The summed E-state index contributed by atoms with van der Waals surface area (Å²) in [5.74, 6) is 0.660. The first kappa shape index (κ1) is 12.7. The third-order valence-electron chi connectivity index (χ3n) is 3.71. The zero-order chi connectivity index (χ0) is 14.9. The van der Waals surface area contributed by atoms with Crippen LogP contribution in [0.3, 0.4) is 0 Å². The van der Waals surface area contributed by atoms with Crippen LogP contribution in [-0.2, 0) is 6.54 Å². The molecule has 3 aromatic rings. The lowest BCUT2D eigenvalue weighted by atomic mass is 10.1. The zero-order valence-corrected chi connectivity index (χ0v) is 11.8. The summed E-state index contributed by atoms with van der Waals surface area (Å²) in [6, 6.07) is 19.5. The van der Waals surface area contributed by atoms with E-state index in [4.69, 9.17) is 0 Å². The Morgan fingerprint density at radius 1 is 0.955 bits per heavy atom. The van der Waals surface area contributed by atoms with Crippen molar-refractivity contribution in [1.29, 1.82) is 0 Å². The molecule has 1 aliphatic rings. The van der Waals surface area contributed by atoms with Crippen LogP contribution in [0.15, 0.2) is 70.5 Å². The summed E-state index contributed by atoms with van der Waals surface area (Å²) in [4.78, 5) is 20.5. The van der Waals surface area contributed by atoms with E-state index in [0.29, 0.717) is 12.4 Å². The highest BCUT2D eigenvalue weighted by Crippen LogP contribution is 2.26. The fourth-order valence-electron chi connectivity index (χ4n) is 2.75. The molecule has 0 N–H and O–H groups in total. The van der Waals surface area contributed by atoms with Crippen LogP contribution in [0.2, 0.25) is 0 Å². The van der Waals surface area contributed by atoms with Gasteiger partial charge in [-0.05, 0) is 11.6 Å². The molecule has 1 aromatic heterocycles. The summed E-state index contributed by atoms with van der Waals surface area (Å²) in [5, 5.41) is 0. The fraction of sp³-hybridized carbons (Fsp3) is 0.0556. The van der Waals surface area contributed by atoms with Gasteiger partial charge in [0, 0.05) is 17.8 Å². The SMILES string of the molecule is O=c1cc(-c2ccccc2)n2c(n1)CN=Cc1ccccc1-2. The van der Waals surface area contributed by atoms with Crippen molar-refractivity contribution in [1.82, 2.24) is 9.55 Å². The molecule has 0 bridgehead atoms. The standard InChI is InChI=1S/C18H13N3O/c22-18-10-16(13-6-2-1-3-7-13)21-15-9-5-4-8-14(15)11-19-12-17(21)20-18/h1-11H,12H2. The molecule has 22 heavy (non-hydrogen) atoms. The van der Waals surface area contributed by atoms with Gasteiger partial charge in [0.15, 0.2) is 0 Å². The van der Waals surface area contributed by atoms with Gasteiger partial charge in [-0.1, -0.05) is 48.5 Å². The molecular weight excluding hydrogens is 274 g/mol. The molecule has 0 spiro atoms. The second-order valence-corrected chi connectivity index (χ2v) is 5.13. The second kappa shape index (κ2) is 5.07. The highest BCUT2D eigenvalue weighted by Gasteiger charge is 2.16. The number of aromatic nitrogens is 2. The molecule has 0 unspecified atom stereocenters. The molecule has 1 aliphatic heterocycles. The Morgan fingerprint density at radius 3 is 2.59 bits per heavy atom. The van der Waals surface area contributed by atoms with E-state index in [1.54, 1.807) is 6.07 Å². The van der Waals surface area contributed by atoms with Gasteiger partial charge in [0.25, 0.3) is 5.56 Å². The van der Waals surface area contributed by atoms with Gasteiger partial charge in [-0.3, -0.25) is 14.4 Å². The van der Waals surface area contributed by atoms with Crippen molar-refractivity contribution in [3.8, 4) is 16.9 Å². The van der Waals surface area contributed by atoms with Gasteiger partial charge in [-0.25, -0.2) is 0 Å². The number of para-hydroxylation sites is 1. The average molecular weight is 287 g/mol. The predicted octanol–water partition coefficient (Wildman–Crippen LogP) is 2.83. The Labute approximate surface area is 127 Å². The first-order valence-corrected chi connectivity index (χ1v) is 7.10. The third kappa shape index (κ3) is 2.05. The van der Waals surface area contributed by atoms with Crippen molar-refractivity contribution in [3.05, 3.63) is 82.4 Å². The maximum atomic E-state index is 12.0. The van der Waals surface area contributed by atoms with Gasteiger partial charge in [-0.2, -0.15) is 4.98 Å². The lowest BCUT2D eigenvalue weighted by Gasteiger charge is -2.17. The van der Waals surface area contributed by atoms with E-state index in [9.17, 15) is 4.79 Å². The quantitative estimate of drug-likeness (QED) is 0.691. The van der Waals surface area contributed by atoms with Crippen molar-refractivity contribution in [2.45, 2.75) is 6.54 Å². The summed E-state index contributed by atoms with van der Waals surface area (Å²) < 4.78 is 2.03. The van der Waals surface area contributed by atoms with Crippen LogP contribution in [0.5, 0.6) is 0 Å². The van der Waals surface area contributed by atoms with Crippen molar-refractivity contribution in [3.63, 3.8) is 0 Å². The topological polar surface area (TPSA) is 47.2 Å². The van der Waals surface area contributed by atoms with Crippen LogP contribution >= 0.6 is 0 Å². The molecule has 0 fully saturated rings. The molecule has 0 radical (unpaired) electrons. The van der Waals surface area contributed by atoms with Gasteiger partial charge in [-0.15, -0.1) is 0 Å². The highest BCUT2D eigenvalue weighted by atomic mass is 16.1. The van der Waals surface area contributed by atoms with Crippen molar-refractivity contribution < 1.29 is 0 Å². The number of aliphatic imine (C=N–C) groups is 1. The van der Waals surface area contributed by atoms with Crippen LogP contribution in [0.25, 0.3) is 16.9 Å². The Hall–Kier alpha value is -3.01. The maximum Gasteiger partial charge on any atom is 0.273 e. The van der Waals surface area contributed by atoms with Gasteiger partial charge >= 0.3 is 0 Å². The minimum absolute atomic E-state index is 0.236. The fourth-order valence-corrected chi connectivity index (χ4v) is 2.75. The highest BCUT2D eigenvalue weighted by molar-refractivity contribution is 5.86. The lowest BCUT2D eigenvalue weighted by molar-refractivity contribution is 0.826. The van der Waals surface area contributed by atoms with Crippen LogP contribution < -0.4 is 5.56 Å². The lowest BCUT2D eigenvalue weighted by Crippen LogP contribution is -2.17. The minimum atomic E-state index is -0.236. The number of hydrogen-bond acceptors (Lipinski definition) is 3. The summed E-state index contributed by atoms with van der Waals surface area (Å²) in [7, 11) is 0. The summed E-state index contributed by atoms with van der Waals surface area (Å²) >= 11 is 0. The van der Waals surface area contributed by atoms with Crippen molar-refractivity contribution >= 4 is 6.21 Å². The monoisotopic (exact) mass is 287 g/mol. The zero-order valence-electron chi connectivity index (χ0n) is 11.8. The molecular formula is C18H13N3O. The van der Waals surface area contributed by atoms with Gasteiger partial charge in [0.05, 0.1) is 17.9 Å². The van der Waals surface area contributed by atoms with Gasteiger partial charge in [0.2, 0.25) is 0 Å². The van der Waals surface area contributed by atoms with E-state index < -0.39 is 0 Å². The van der Waals surface area contributed by atoms with E-state index >= 15 is 0 Å². The first-order valence-electron chi connectivity index (χ1n) is 7.10. The van der Waals surface area contributed by atoms with Crippen LogP contribution in [0, 0.1) is 0 Å². The second-order valence-electron chi connectivity index (χ2n) is 5.13. The Kier molecular flexibility index (Phi) is 2.93. The van der Waals surface area contributed by atoms with Crippen LogP contribution in [0.4, 0.5) is 0 Å². The number of fused-ring (bicyclic) bond motifs is 3. The molecule has 0 atom stereocenters. The number of nitrogens with zero attached hydrogens (tertiary/aromatic N) is 3. The van der Waals surface area contributed by atoms with Crippen molar-refractivity contribution in [2.75, 3.05) is 0 Å². The van der Waals surface area contributed by atoms with E-state index in [1.165, 1.54) is 0 Å². The first-order chi connectivity index (χ1) is 10.8. The van der Waals surface area contributed by atoms with E-state index in [1.807, 2.05) is 65.4 Å². The van der Waals surface area contributed by atoms with E-state index in [0.717, 1.165) is 22.5 Å². The molecule has 4 rings (SSSR count). The molecule has 0 amide bonds. The molecule has 2 aromatic carbocycles. The third-order valence-corrected chi connectivity index (χ3v) is 3.71. The van der Waals surface area contributed by atoms with E-state index in [2.05, 4.69) is 9.98 Å². The van der Waals surface area contributed by atoms with E-state index in [-0.39, 0.29) is 5.56 Å². The molecule has 0 saturated carbocycles. The normalized spacial score (nSPS) is 12.4. The molecule has 2 heterocycles. The number of rotatable bonds is 1. The van der Waals surface area contributed by atoms with Gasteiger partial charge < -0.3 is 0 Å². The average Bonchev–Trinajstić information content (AvgIpc) is 2.74. The summed E-state index contributed by atoms with van der Waals surface area (Å²) in [6.07, 6.45) is 1.84. The summed E-state index contributed by atoms with van der Waals surface area (Å²) in [6.45, 7) is 0.393.